The van der Waals surface area contributed by atoms with Crippen LogP contribution < -0.4 is 4.74 Å². The third-order valence-corrected chi connectivity index (χ3v) is 6.96. The van der Waals surface area contributed by atoms with Gasteiger partial charge in [-0.15, -0.1) is 0 Å². The second-order valence-electron chi connectivity index (χ2n) is 7.88. The number of hydrogen-bond donors (Lipinski definition) is 0. The van der Waals surface area contributed by atoms with Gasteiger partial charge in [-0.3, -0.25) is 4.79 Å². The van der Waals surface area contributed by atoms with Crippen molar-refractivity contribution < 1.29 is 17.9 Å². The number of methoxy groups -OCH3 is 1. The molecule has 27 heavy (non-hydrogen) atoms. The molecule has 2 heterocycles. The van der Waals surface area contributed by atoms with E-state index in [4.69, 9.17) is 16.3 Å². The number of carbonyl (C=O) groups is 1. The molecule has 1 aromatic rings. The average molecular weight is 416 g/mol. The molecule has 2 atom stereocenters. The Morgan fingerprint density at radius 3 is 2.63 bits per heavy atom. The number of fused-ring (bicyclic) bond motifs is 1. The smallest absolute Gasteiger partial charge is 0.257 e. The van der Waals surface area contributed by atoms with Gasteiger partial charge in [0.15, 0.2) is 0 Å². The maximum Gasteiger partial charge on any atom is 0.257 e. The van der Waals surface area contributed by atoms with Crippen molar-refractivity contribution in [1.82, 2.24) is 14.1 Å². The van der Waals surface area contributed by atoms with Crippen LogP contribution in [0.1, 0.15) is 10.4 Å². The first kappa shape index (κ1) is 20.4. The van der Waals surface area contributed by atoms with E-state index in [9.17, 15) is 13.2 Å². The highest BCUT2D eigenvalue weighted by atomic mass is 35.5. The number of carbonyl (C=O) groups excluding carboxylic acids is 1. The average Bonchev–Trinajstić information content (AvgIpc) is 3.06. The number of benzene rings is 1. The molecule has 2 aliphatic heterocycles. The Balaban J connectivity index is 1.87. The van der Waals surface area contributed by atoms with E-state index in [0.717, 1.165) is 6.54 Å². The van der Waals surface area contributed by atoms with E-state index in [1.807, 2.05) is 19.0 Å². The molecule has 7 nitrogen and oxygen atoms in total. The fourth-order valence-electron chi connectivity index (χ4n) is 4.40. The predicted octanol–water partition coefficient (Wildman–Crippen LogP) is 1.24. The molecule has 0 bridgehead atoms. The van der Waals surface area contributed by atoms with Crippen molar-refractivity contribution in [3.8, 4) is 5.75 Å². The van der Waals surface area contributed by atoms with Gasteiger partial charge in [-0.2, -0.15) is 0 Å². The second-order valence-corrected chi connectivity index (χ2v) is 10.3. The summed E-state index contributed by atoms with van der Waals surface area (Å²) in [6.07, 6.45) is 1.25. The summed E-state index contributed by atoms with van der Waals surface area (Å²) >= 11 is 6.00. The highest BCUT2D eigenvalue weighted by Crippen LogP contribution is 2.44. The first-order valence-corrected chi connectivity index (χ1v) is 11.0. The van der Waals surface area contributed by atoms with Crippen LogP contribution in [0.4, 0.5) is 0 Å². The molecule has 1 amide bonds. The first-order valence-electron chi connectivity index (χ1n) is 8.78. The minimum atomic E-state index is -3.25. The number of rotatable bonds is 5. The summed E-state index contributed by atoms with van der Waals surface area (Å²) in [4.78, 5) is 17.0. The van der Waals surface area contributed by atoms with Crippen molar-refractivity contribution in [1.29, 1.82) is 0 Å². The molecule has 3 rings (SSSR count). The van der Waals surface area contributed by atoms with Crippen LogP contribution in [0.25, 0.3) is 0 Å². The van der Waals surface area contributed by atoms with Gasteiger partial charge >= 0.3 is 0 Å². The largest absolute Gasteiger partial charge is 0.496 e. The summed E-state index contributed by atoms with van der Waals surface area (Å²) in [7, 11) is 2.21. The van der Waals surface area contributed by atoms with Crippen LogP contribution in [-0.4, -0.2) is 88.6 Å². The second kappa shape index (κ2) is 7.24. The first-order chi connectivity index (χ1) is 12.6. The summed E-state index contributed by atoms with van der Waals surface area (Å²) in [6, 6.07) is 4.99. The highest BCUT2D eigenvalue weighted by Gasteiger charge is 2.55. The number of sulfonamides is 1. The number of ether oxygens (including phenoxy) is 1. The van der Waals surface area contributed by atoms with Gasteiger partial charge in [0.2, 0.25) is 10.0 Å². The number of likely N-dealkylation sites (tertiary alicyclic amines) is 1. The standard InChI is InChI=1S/C18H26ClN3O4S/c1-20(2)10-18-11-21(8-13(18)9-22(12-18)27(4,24)25)17(23)15-6-5-14(19)7-16(15)26-3/h5-7,13H,8-12H2,1-4H3/t13-,18+/m0/s1. The molecule has 9 heteroatoms. The van der Waals surface area contributed by atoms with E-state index in [1.165, 1.54) is 13.4 Å². The Kier molecular flexibility index (Phi) is 5.46. The van der Waals surface area contributed by atoms with E-state index in [2.05, 4.69) is 4.90 Å². The van der Waals surface area contributed by atoms with E-state index in [1.54, 1.807) is 22.5 Å². The molecule has 0 N–H and O–H groups in total. The van der Waals surface area contributed by atoms with E-state index >= 15 is 0 Å². The molecule has 0 unspecified atom stereocenters. The highest BCUT2D eigenvalue weighted by molar-refractivity contribution is 7.88. The van der Waals surface area contributed by atoms with Gasteiger partial charge in [0, 0.05) is 49.1 Å². The Hall–Kier alpha value is -1.35. The lowest BCUT2D eigenvalue weighted by atomic mass is 9.80. The summed E-state index contributed by atoms with van der Waals surface area (Å²) in [5.74, 6) is 0.447. The van der Waals surface area contributed by atoms with Crippen molar-refractivity contribution in [3.05, 3.63) is 28.8 Å². The van der Waals surface area contributed by atoms with Crippen LogP contribution in [0.2, 0.25) is 5.02 Å². The summed E-state index contributed by atoms with van der Waals surface area (Å²) in [5, 5.41) is 0.509. The van der Waals surface area contributed by atoms with Crippen molar-refractivity contribution in [2.24, 2.45) is 11.3 Å². The number of amides is 1. The zero-order valence-electron chi connectivity index (χ0n) is 16.1. The molecule has 0 radical (unpaired) electrons. The molecule has 0 saturated carbocycles. The monoisotopic (exact) mass is 415 g/mol. The SMILES string of the molecule is COc1cc(Cl)ccc1C(=O)N1C[C@H]2CN(S(C)(=O)=O)C[C@@]2(CN(C)C)C1. The Labute approximate surface area is 165 Å². The van der Waals surface area contributed by atoms with Crippen LogP contribution in [-0.2, 0) is 10.0 Å². The lowest BCUT2D eigenvalue weighted by Crippen LogP contribution is -2.43. The van der Waals surface area contributed by atoms with Crippen LogP contribution in [0.5, 0.6) is 5.75 Å². The van der Waals surface area contributed by atoms with Gasteiger partial charge in [-0.25, -0.2) is 12.7 Å². The van der Waals surface area contributed by atoms with Crippen molar-refractivity contribution in [2.75, 3.05) is 60.2 Å². The van der Waals surface area contributed by atoms with E-state index in [0.29, 0.717) is 42.5 Å². The molecular weight excluding hydrogens is 390 g/mol. The third-order valence-electron chi connectivity index (χ3n) is 5.51. The topological polar surface area (TPSA) is 70.2 Å². The van der Waals surface area contributed by atoms with Gasteiger partial charge in [0.05, 0.1) is 18.9 Å². The van der Waals surface area contributed by atoms with Crippen LogP contribution in [0.3, 0.4) is 0 Å². The molecular formula is C18H26ClN3O4S. The summed E-state index contributed by atoms with van der Waals surface area (Å²) < 4.78 is 31.0. The van der Waals surface area contributed by atoms with Gasteiger partial charge in [-0.1, -0.05) is 11.6 Å². The van der Waals surface area contributed by atoms with Crippen LogP contribution in [0.15, 0.2) is 18.2 Å². The number of nitrogens with zero attached hydrogens (tertiary/aromatic N) is 3. The number of hydrogen-bond acceptors (Lipinski definition) is 5. The molecule has 0 aliphatic carbocycles. The minimum Gasteiger partial charge on any atom is -0.496 e. The lowest BCUT2D eigenvalue weighted by Gasteiger charge is -2.32. The molecule has 1 aromatic carbocycles. The van der Waals surface area contributed by atoms with Crippen LogP contribution in [0, 0.1) is 11.3 Å². The minimum absolute atomic E-state index is 0.108. The van der Waals surface area contributed by atoms with E-state index in [-0.39, 0.29) is 17.2 Å². The van der Waals surface area contributed by atoms with Crippen LogP contribution >= 0.6 is 11.6 Å². The Bertz CT molecular complexity index is 845. The van der Waals surface area contributed by atoms with Crippen molar-refractivity contribution >= 4 is 27.5 Å². The van der Waals surface area contributed by atoms with E-state index < -0.39 is 10.0 Å². The molecule has 2 saturated heterocycles. The zero-order valence-corrected chi connectivity index (χ0v) is 17.7. The molecule has 0 aromatic heterocycles. The maximum absolute atomic E-state index is 13.1. The number of halogens is 1. The van der Waals surface area contributed by atoms with Crippen molar-refractivity contribution in [2.45, 2.75) is 0 Å². The zero-order chi connectivity index (χ0) is 20.0. The molecule has 150 valence electrons. The normalized spacial score (nSPS) is 25.9. The van der Waals surface area contributed by atoms with Gasteiger partial charge < -0.3 is 14.5 Å². The summed E-state index contributed by atoms with van der Waals surface area (Å²) in [5.41, 5.74) is 0.212. The summed E-state index contributed by atoms with van der Waals surface area (Å²) in [6.45, 7) is 2.67. The quantitative estimate of drug-likeness (QED) is 0.723. The van der Waals surface area contributed by atoms with Gasteiger partial charge in [0.25, 0.3) is 5.91 Å². The lowest BCUT2D eigenvalue weighted by molar-refractivity contribution is 0.0755. The van der Waals surface area contributed by atoms with Crippen molar-refractivity contribution in [3.63, 3.8) is 0 Å². The molecule has 2 aliphatic rings. The predicted molar refractivity (Wildman–Crippen MR) is 105 cm³/mol. The Morgan fingerprint density at radius 1 is 1.33 bits per heavy atom. The fraction of sp³-hybridized carbons (Fsp3) is 0.611. The van der Waals surface area contributed by atoms with Gasteiger partial charge in [-0.05, 0) is 32.3 Å². The fourth-order valence-corrected chi connectivity index (χ4v) is 5.51. The third kappa shape index (κ3) is 3.94. The molecule has 0 spiro atoms. The Morgan fingerprint density at radius 2 is 2.04 bits per heavy atom. The molecule has 2 fully saturated rings. The maximum atomic E-state index is 13.1. The van der Waals surface area contributed by atoms with Gasteiger partial charge in [0.1, 0.15) is 5.75 Å².